The summed E-state index contributed by atoms with van der Waals surface area (Å²) >= 11 is 0. The van der Waals surface area contributed by atoms with Crippen LogP contribution < -0.4 is 10.1 Å². The number of hydrogen-bond donors (Lipinski definition) is 1. The normalized spacial score (nSPS) is 14.8. The van der Waals surface area contributed by atoms with Crippen LogP contribution in [0.15, 0.2) is 59.5 Å². The molecule has 2 aromatic carbocycles. The maximum atomic E-state index is 12.5. The number of carbonyl (C=O) groups is 1. The first kappa shape index (κ1) is 19.4. The average molecular weight is 388 g/mol. The lowest BCUT2D eigenvalue weighted by molar-refractivity contribution is -0.121. The summed E-state index contributed by atoms with van der Waals surface area (Å²) in [6, 6.07) is 16.0. The summed E-state index contributed by atoms with van der Waals surface area (Å²) in [4.78, 5) is 12.2. The van der Waals surface area contributed by atoms with Crippen LogP contribution in [-0.4, -0.2) is 38.3 Å². The van der Waals surface area contributed by atoms with E-state index in [1.54, 1.807) is 24.3 Å². The van der Waals surface area contributed by atoms with Crippen molar-refractivity contribution in [1.82, 2.24) is 9.62 Å². The lowest BCUT2D eigenvalue weighted by atomic mass is 10.2. The molecule has 0 spiro atoms. The van der Waals surface area contributed by atoms with Crippen LogP contribution in [0.1, 0.15) is 24.8 Å². The first-order chi connectivity index (χ1) is 13.1. The fourth-order valence-corrected chi connectivity index (χ4v) is 4.44. The van der Waals surface area contributed by atoms with Crippen molar-refractivity contribution in [3.05, 3.63) is 60.2 Å². The van der Waals surface area contributed by atoms with Gasteiger partial charge in [0, 0.05) is 19.6 Å². The molecule has 0 atom stereocenters. The van der Waals surface area contributed by atoms with Crippen molar-refractivity contribution in [3.63, 3.8) is 0 Å². The highest BCUT2D eigenvalue weighted by molar-refractivity contribution is 7.89. The van der Waals surface area contributed by atoms with Gasteiger partial charge in [-0.1, -0.05) is 30.3 Å². The van der Waals surface area contributed by atoms with Crippen molar-refractivity contribution >= 4 is 15.9 Å². The average Bonchev–Trinajstić information content (AvgIpc) is 3.23. The van der Waals surface area contributed by atoms with Gasteiger partial charge in [0.05, 0.1) is 17.9 Å². The van der Waals surface area contributed by atoms with Gasteiger partial charge in [-0.25, -0.2) is 8.42 Å². The van der Waals surface area contributed by atoms with Gasteiger partial charge in [0.1, 0.15) is 5.75 Å². The van der Waals surface area contributed by atoms with Crippen LogP contribution in [0.4, 0.5) is 0 Å². The maximum absolute atomic E-state index is 12.5. The third-order valence-corrected chi connectivity index (χ3v) is 6.37. The number of hydrogen-bond acceptors (Lipinski definition) is 4. The summed E-state index contributed by atoms with van der Waals surface area (Å²) in [6.07, 6.45) is 2.09. The Morgan fingerprint density at radius 3 is 2.33 bits per heavy atom. The number of para-hydroxylation sites is 1. The molecule has 0 unspecified atom stereocenters. The second-order valence-corrected chi connectivity index (χ2v) is 8.38. The van der Waals surface area contributed by atoms with E-state index in [4.69, 9.17) is 4.74 Å². The molecule has 0 radical (unpaired) electrons. The van der Waals surface area contributed by atoms with Gasteiger partial charge < -0.3 is 10.1 Å². The lowest BCUT2D eigenvalue weighted by Gasteiger charge is -2.15. The number of sulfonamides is 1. The van der Waals surface area contributed by atoms with Crippen molar-refractivity contribution < 1.29 is 17.9 Å². The second-order valence-electron chi connectivity index (χ2n) is 6.44. The highest BCUT2D eigenvalue weighted by Crippen LogP contribution is 2.21. The molecule has 144 valence electrons. The quantitative estimate of drug-likeness (QED) is 0.754. The Kier molecular flexibility index (Phi) is 6.47. The van der Waals surface area contributed by atoms with Gasteiger partial charge in [0.25, 0.3) is 0 Å². The molecule has 0 saturated carbocycles. The second kappa shape index (κ2) is 9.01. The molecule has 3 rings (SSSR count). The number of nitrogens with zero attached hydrogens (tertiary/aromatic N) is 1. The Morgan fingerprint density at radius 1 is 1.00 bits per heavy atom. The van der Waals surface area contributed by atoms with E-state index in [1.807, 2.05) is 30.3 Å². The molecule has 27 heavy (non-hydrogen) atoms. The van der Waals surface area contributed by atoms with Crippen molar-refractivity contribution in [2.45, 2.75) is 30.7 Å². The number of nitrogens with one attached hydrogen (secondary N) is 1. The van der Waals surface area contributed by atoms with Crippen molar-refractivity contribution in [2.75, 3.05) is 19.7 Å². The maximum Gasteiger partial charge on any atom is 0.243 e. The molecule has 0 aliphatic carbocycles. The van der Waals surface area contributed by atoms with Gasteiger partial charge in [-0.2, -0.15) is 4.31 Å². The molecule has 2 aromatic rings. The van der Waals surface area contributed by atoms with E-state index >= 15 is 0 Å². The molecule has 1 amide bonds. The fraction of sp³-hybridized carbons (Fsp3) is 0.350. The summed E-state index contributed by atoms with van der Waals surface area (Å²) < 4.78 is 32.0. The zero-order chi connectivity index (χ0) is 19.1. The Morgan fingerprint density at radius 2 is 1.67 bits per heavy atom. The van der Waals surface area contributed by atoms with E-state index in [9.17, 15) is 13.2 Å². The summed E-state index contributed by atoms with van der Waals surface area (Å²) in [5.41, 5.74) is 0.854. The Balaban J connectivity index is 1.45. The lowest BCUT2D eigenvalue weighted by Crippen LogP contribution is -2.28. The van der Waals surface area contributed by atoms with E-state index in [1.165, 1.54) is 4.31 Å². The predicted molar refractivity (Wildman–Crippen MR) is 103 cm³/mol. The van der Waals surface area contributed by atoms with Crippen LogP contribution >= 0.6 is 0 Å². The summed E-state index contributed by atoms with van der Waals surface area (Å²) in [5.74, 6) is 0.625. The Bertz CT molecular complexity index is 845. The minimum Gasteiger partial charge on any atom is -0.493 e. The first-order valence-electron chi connectivity index (χ1n) is 9.09. The van der Waals surface area contributed by atoms with Crippen LogP contribution in [-0.2, 0) is 21.4 Å². The van der Waals surface area contributed by atoms with Crippen molar-refractivity contribution in [3.8, 4) is 5.75 Å². The molecule has 1 fully saturated rings. The topological polar surface area (TPSA) is 75.7 Å². The molecule has 7 heteroatoms. The number of ether oxygens (including phenoxy) is 1. The van der Waals surface area contributed by atoms with Gasteiger partial charge in [0.15, 0.2) is 0 Å². The zero-order valence-corrected chi connectivity index (χ0v) is 16.0. The molecule has 0 bridgehead atoms. The van der Waals surface area contributed by atoms with E-state index in [-0.39, 0.29) is 12.3 Å². The summed E-state index contributed by atoms with van der Waals surface area (Å²) in [7, 11) is -3.40. The highest BCUT2D eigenvalue weighted by Gasteiger charge is 2.26. The number of carbonyl (C=O) groups excluding carboxylic acids is 1. The van der Waals surface area contributed by atoms with Crippen molar-refractivity contribution in [2.24, 2.45) is 0 Å². The molecule has 1 N–H and O–H groups in total. The predicted octanol–water partition coefficient (Wildman–Crippen LogP) is 2.56. The van der Waals surface area contributed by atoms with Crippen LogP contribution in [0, 0.1) is 0 Å². The van der Waals surface area contributed by atoms with E-state index in [2.05, 4.69) is 5.32 Å². The molecule has 0 aromatic heterocycles. The standard InChI is InChI=1S/C20H24N2O4S/c23-20(12-15-26-18-6-2-1-3-7-18)21-16-17-8-10-19(11-9-17)27(24,25)22-13-4-5-14-22/h1-3,6-11H,4-5,12-16H2,(H,21,23). The summed E-state index contributed by atoms with van der Waals surface area (Å²) in [5, 5.41) is 2.82. The van der Waals surface area contributed by atoms with Crippen LogP contribution in [0.5, 0.6) is 5.75 Å². The third-order valence-electron chi connectivity index (χ3n) is 4.46. The minimum atomic E-state index is -3.40. The number of benzene rings is 2. The molecule has 1 heterocycles. The van der Waals surface area contributed by atoms with E-state index in [0.717, 1.165) is 24.2 Å². The molecule has 1 aliphatic rings. The monoisotopic (exact) mass is 388 g/mol. The fourth-order valence-electron chi connectivity index (χ4n) is 2.92. The first-order valence-corrected chi connectivity index (χ1v) is 10.5. The number of amides is 1. The molecular weight excluding hydrogens is 364 g/mol. The van der Waals surface area contributed by atoms with Gasteiger partial charge in [-0.05, 0) is 42.7 Å². The number of rotatable bonds is 8. The molecule has 1 aliphatic heterocycles. The third kappa shape index (κ3) is 5.30. The SMILES string of the molecule is O=C(CCOc1ccccc1)NCc1ccc(S(=O)(=O)N2CCCC2)cc1. The van der Waals surface area contributed by atoms with Gasteiger partial charge in [-0.15, -0.1) is 0 Å². The van der Waals surface area contributed by atoms with Crippen LogP contribution in [0.2, 0.25) is 0 Å². The minimum absolute atomic E-state index is 0.111. The Labute approximate surface area is 160 Å². The highest BCUT2D eigenvalue weighted by atomic mass is 32.2. The van der Waals surface area contributed by atoms with Crippen LogP contribution in [0.25, 0.3) is 0 Å². The van der Waals surface area contributed by atoms with Gasteiger partial charge >= 0.3 is 0 Å². The van der Waals surface area contributed by atoms with Gasteiger partial charge in [0.2, 0.25) is 15.9 Å². The van der Waals surface area contributed by atoms with Crippen molar-refractivity contribution in [1.29, 1.82) is 0 Å². The van der Waals surface area contributed by atoms with E-state index < -0.39 is 10.0 Å². The molecule has 6 nitrogen and oxygen atoms in total. The van der Waals surface area contributed by atoms with Gasteiger partial charge in [-0.3, -0.25) is 4.79 Å². The van der Waals surface area contributed by atoms with Crippen LogP contribution in [0.3, 0.4) is 0 Å². The van der Waals surface area contributed by atoms with E-state index in [0.29, 0.717) is 31.1 Å². The smallest absolute Gasteiger partial charge is 0.243 e. The Hall–Kier alpha value is -2.38. The molecular formula is C20H24N2O4S. The summed E-state index contributed by atoms with van der Waals surface area (Å²) in [6.45, 7) is 1.84. The molecule has 1 saturated heterocycles. The largest absolute Gasteiger partial charge is 0.493 e. The zero-order valence-electron chi connectivity index (χ0n) is 15.1.